The molecule has 6 nitrogen and oxygen atoms in total. The van der Waals surface area contributed by atoms with Gasteiger partial charge in [-0.3, -0.25) is 4.99 Å². The largest absolute Gasteiger partial charge is 0.373 e. The van der Waals surface area contributed by atoms with Crippen molar-refractivity contribution in [2.24, 2.45) is 4.99 Å². The van der Waals surface area contributed by atoms with Crippen LogP contribution >= 0.6 is 0 Å². The van der Waals surface area contributed by atoms with Crippen LogP contribution in [0.1, 0.15) is 36.9 Å². The average Bonchev–Trinajstić information content (AvgIpc) is 3.41. The summed E-state index contributed by atoms with van der Waals surface area (Å²) in [6, 6.07) is 10.7. The summed E-state index contributed by atoms with van der Waals surface area (Å²) in [5.41, 5.74) is 3.49. The van der Waals surface area contributed by atoms with Gasteiger partial charge in [-0.2, -0.15) is 5.10 Å². The Morgan fingerprint density at radius 3 is 2.85 bits per heavy atom. The van der Waals surface area contributed by atoms with E-state index >= 15 is 0 Å². The highest BCUT2D eigenvalue weighted by Gasteiger charge is 2.41. The molecule has 4 rings (SSSR count). The van der Waals surface area contributed by atoms with Gasteiger partial charge >= 0.3 is 0 Å². The van der Waals surface area contributed by atoms with E-state index in [4.69, 9.17) is 4.74 Å². The van der Waals surface area contributed by atoms with Crippen LogP contribution in [0.4, 0.5) is 0 Å². The molecule has 0 amide bonds. The zero-order valence-corrected chi connectivity index (χ0v) is 16.2. The summed E-state index contributed by atoms with van der Waals surface area (Å²) < 4.78 is 7.88. The van der Waals surface area contributed by atoms with Crippen LogP contribution in [0.3, 0.4) is 0 Å². The molecule has 6 heteroatoms. The van der Waals surface area contributed by atoms with Crippen LogP contribution in [0.25, 0.3) is 5.69 Å². The van der Waals surface area contributed by atoms with Gasteiger partial charge in [0.1, 0.15) is 0 Å². The first-order chi connectivity index (χ1) is 13.2. The molecule has 3 atom stereocenters. The van der Waals surface area contributed by atoms with Crippen LogP contribution in [0, 0.1) is 6.92 Å². The molecule has 2 aliphatic rings. The molecular formula is C21H29N5O. The van der Waals surface area contributed by atoms with Crippen LogP contribution in [-0.4, -0.2) is 47.6 Å². The standard InChI is InChI=1S/C21H29N5O/c1-15-16(14-26(25-15)17-8-4-3-5-9-17)7-6-12-23-21(22-2)24-19-13-18-10-11-20(19)27-18/h3-5,8-9,14,18-20H,6-7,10-13H2,1-2H3,(H2,22,23,24). The summed E-state index contributed by atoms with van der Waals surface area (Å²) >= 11 is 0. The lowest BCUT2D eigenvalue weighted by molar-refractivity contribution is 0.0992. The van der Waals surface area contributed by atoms with E-state index in [1.165, 1.54) is 18.4 Å². The lowest BCUT2D eigenvalue weighted by atomic mass is 9.96. The second-order valence-corrected chi connectivity index (χ2v) is 7.48. The van der Waals surface area contributed by atoms with Gasteiger partial charge in [-0.05, 0) is 56.7 Å². The van der Waals surface area contributed by atoms with Crippen molar-refractivity contribution in [2.45, 2.75) is 57.3 Å². The highest BCUT2D eigenvalue weighted by Crippen LogP contribution is 2.34. The Morgan fingerprint density at radius 1 is 1.30 bits per heavy atom. The third-order valence-electron chi connectivity index (χ3n) is 5.59. The number of hydrogen-bond donors (Lipinski definition) is 2. The highest BCUT2D eigenvalue weighted by atomic mass is 16.5. The van der Waals surface area contributed by atoms with E-state index in [1.54, 1.807) is 0 Å². The maximum absolute atomic E-state index is 5.91. The number of nitrogens with one attached hydrogen (secondary N) is 2. The number of rotatable bonds is 6. The highest BCUT2D eigenvalue weighted by molar-refractivity contribution is 5.80. The normalized spacial score (nSPS) is 24.4. The first-order valence-electron chi connectivity index (χ1n) is 9.96. The number of fused-ring (bicyclic) bond motifs is 2. The second-order valence-electron chi connectivity index (χ2n) is 7.48. The first kappa shape index (κ1) is 18.0. The fraction of sp³-hybridized carbons (Fsp3) is 0.524. The number of guanidine groups is 1. The van der Waals surface area contributed by atoms with Crippen LogP contribution in [0.15, 0.2) is 41.5 Å². The first-order valence-corrected chi connectivity index (χ1v) is 9.96. The summed E-state index contributed by atoms with van der Waals surface area (Å²) in [6.07, 6.45) is 8.48. The predicted molar refractivity (Wildman–Crippen MR) is 107 cm³/mol. The Balaban J connectivity index is 1.24. The van der Waals surface area contributed by atoms with Crippen molar-refractivity contribution in [1.82, 2.24) is 20.4 Å². The van der Waals surface area contributed by atoms with Crippen LogP contribution in [0.5, 0.6) is 0 Å². The van der Waals surface area contributed by atoms with E-state index in [-0.39, 0.29) is 0 Å². The third-order valence-corrected chi connectivity index (χ3v) is 5.59. The molecule has 2 aromatic rings. The van der Waals surface area contributed by atoms with Crippen molar-refractivity contribution in [1.29, 1.82) is 0 Å². The molecule has 0 spiro atoms. The lowest BCUT2D eigenvalue weighted by Gasteiger charge is -2.22. The number of para-hydroxylation sites is 1. The van der Waals surface area contributed by atoms with Gasteiger partial charge in [0.25, 0.3) is 0 Å². The molecule has 27 heavy (non-hydrogen) atoms. The van der Waals surface area contributed by atoms with E-state index in [0.29, 0.717) is 18.2 Å². The van der Waals surface area contributed by atoms with Crippen molar-refractivity contribution >= 4 is 5.96 Å². The Morgan fingerprint density at radius 2 is 2.15 bits per heavy atom. The molecule has 2 N–H and O–H groups in total. The summed E-state index contributed by atoms with van der Waals surface area (Å²) in [7, 11) is 1.83. The molecule has 2 saturated heterocycles. The van der Waals surface area contributed by atoms with Gasteiger partial charge in [-0.1, -0.05) is 18.2 Å². The Bertz CT molecular complexity index is 785. The third kappa shape index (κ3) is 4.16. The monoisotopic (exact) mass is 367 g/mol. The summed E-state index contributed by atoms with van der Waals surface area (Å²) in [6.45, 7) is 2.97. The summed E-state index contributed by atoms with van der Waals surface area (Å²) in [5, 5.41) is 11.6. The Hall–Kier alpha value is -2.34. The maximum Gasteiger partial charge on any atom is 0.191 e. The molecule has 2 fully saturated rings. The average molecular weight is 367 g/mol. The van der Waals surface area contributed by atoms with Gasteiger partial charge in [-0.25, -0.2) is 4.68 Å². The van der Waals surface area contributed by atoms with Gasteiger partial charge < -0.3 is 15.4 Å². The molecule has 3 heterocycles. The van der Waals surface area contributed by atoms with Gasteiger partial charge in [-0.15, -0.1) is 0 Å². The molecule has 0 saturated carbocycles. The zero-order chi connectivity index (χ0) is 18.6. The topological polar surface area (TPSA) is 63.5 Å². The Kier molecular flexibility index (Phi) is 5.43. The quantitative estimate of drug-likeness (QED) is 0.468. The fourth-order valence-electron chi connectivity index (χ4n) is 4.10. The summed E-state index contributed by atoms with van der Waals surface area (Å²) in [5.74, 6) is 0.882. The molecule has 3 unspecified atom stereocenters. The van der Waals surface area contributed by atoms with E-state index < -0.39 is 0 Å². The van der Waals surface area contributed by atoms with Crippen molar-refractivity contribution in [3.8, 4) is 5.69 Å². The van der Waals surface area contributed by atoms with Crippen LogP contribution < -0.4 is 10.6 Å². The molecule has 2 bridgehead atoms. The fourth-order valence-corrected chi connectivity index (χ4v) is 4.10. The van der Waals surface area contributed by atoms with E-state index in [2.05, 4.69) is 46.0 Å². The minimum absolute atomic E-state index is 0.361. The maximum atomic E-state index is 5.91. The lowest BCUT2D eigenvalue weighted by Crippen LogP contribution is -2.47. The minimum atomic E-state index is 0.361. The second kappa shape index (κ2) is 8.13. The zero-order valence-electron chi connectivity index (χ0n) is 16.2. The van der Waals surface area contributed by atoms with Crippen molar-refractivity contribution in [2.75, 3.05) is 13.6 Å². The van der Waals surface area contributed by atoms with Crippen molar-refractivity contribution in [3.63, 3.8) is 0 Å². The van der Waals surface area contributed by atoms with Gasteiger partial charge in [0.2, 0.25) is 0 Å². The number of aryl methyl sites for hydroxylation is 2. The molecule has 144 valence electrons. The molecule has 0 radical (unpaired) electrons. The summed E-state index contributed by atoms with van der Waals surface area (Å²) in [4.78, 5) is 4.36. The van der Waals surface area contributed by atoms with Crippen LogP contribution in [0.2, 0.25) is 0 Å². The SMILES string of the molecule is CN=C(NCCCc1cn(-c2ccccc2)nc1C)NC1CC2CCC1O2. The Labute approximate surface area is 161 Å². The smallest absolute Gasteiger partial charge is 0.191 e. The molecule has 1 aromatic carbocycles. The van der Waals surface area contributed by atoms with Gasteiger partial charge in [0, 0.05) is 19.8 Å². The molecule has 0 aliphatic carbocycles. The molecular weight excluding hydrogens is 338 g/mol. The van der Waals surface area contributed by atoms with E-state index in [0.717, 1.165) is 43.1 Å². The number of ether oxygens (including phenoxy) is 1. The minimum Gasteiger partial charge on any atom is -0.373 e. The number of aliphatic imine (C=N–C) groups is 1. The van der Waals surface area contributed by atoms with Crippen molar-refractivity contribution in [3.05, 3.63) is 47.8 Å². The molecule has 1 aromatic heterocycles. The number of hydrogen-bond acceptors (Lipinski definition) is 3. The molecule has 2 aliphatic heterocycles. The number of benzene rings is 1. The van der Waals surface area contributed by atoms with Crippen molar-refractivity contribution < 1.29 is 4.74 Å². The predicted octanol–water partition coefficient (Wildman–Crippen LogP) is 2.60. The van der Waals surface area contributed by atoms with Gasteiger partial charge in [0.15, 0.2) is 5.96 Å². The number of aromatic nitrogens is 2. The van der Waals surface area contributed by atoms with E-state index in [1.807, 2.05) is 29.9 Å². The number of nitrogens with zero attached hydrogens (tertiary/aromatic N) is 3. The van der Waals surface area contributed by atoms with E-state index in [9.17, 15) is 0 Å². The van der Waals surface area contributed by atoms with Gasteiger partial charge in [0.05, 0.1) is 29.6 Å². The van der Waals surface area contributed by atoms with Crippen LogP contribution in [-0.2, 0) is 11.2 Å².